The SMILES string of the molecule is O=C(/C=C\c1cnccn1)Nc1cccc(Cn2cccn2)c1. The lowest BCUT2D eigenvalue weighted by Gasteiger charge is -2.06. The smallest absolute Gasteiger partial charge is 0.248 e. The molecule has 0 atom stereocenters. The van der Waals surface area contributed by atoms with Crippen molar-refractivity contribution in [2.45, 2.75) is 6.54 Å². The first-order valence-electron chi connectivity index (χ1n) is 7.11. The van der Waals surface area contributed by atoms with E-state index in [9.17, 15) is 4.79 Å². The van der Waals surface area contributed by atoms with Crippen molar-refractivity contribution in [3.05, 3.63) is 78.6 Å². The maximum absolute atomic E-state index is 12.0. The number of nitrogens with one attached hydrogen (secondary N) is 1. The zero-order chi connectivity index (χ0) is 15.9. The van der Waals surface area contributed by atoms with Gasteiger partial charge in [-0.05, 0) is 29.8 Å². The van der Waals surface area contributed by atoms with E-state index in [1.165, 1.54) is 6.08 Å². The second-order valence-corrected chi connectivity index (χ2v) is 4.86. The molecule has 0 aliphatic rings. The van der Waals surface area contributed by atoms with Gasteiger partial charge in [0.15, 0.2) is 0 Å². The van der Waals surface area contributed by atoms with Crippen LogP contribution in [0.1, 0.15) is 11.3 Å². The molecule has 0 radical (unpaired) electrons. The number of rotatable bonds is 5. The van der Waals surface area contributed by atoms with Gasteiger partial charge in [0, 0.05) is 36.6 Å². The highest BCUT2D eigenvalue weighted by atomic mass is 16.1. The molecule has 114 valence electrons. The fourth-order valence-electron chi connectivity index (χ4n) is 2.07. The van der Waals surface area contributed by atoms with Crippen LogP contribution in [-0.2, 0) is 11.3 Å². The van der Waals surface area contributed by atoms with Gasteiger partial charge in [-0.25, -0.2) is 0 Å². The third-order valence-electron chi connectivity index (χ3n) is 3.09. The number of hydrogen-bond donors (Lipinski definition) is 1. The summed E-state index contributed by atoms with van der Waals surface area (Å²) in [4.78, 5) is 20.0. The van der Waals surface area contributed by atoms with Crippen LogP contribution >= 0.6 is 0 Å². The van der Waals surface area contributed by atoms with Crippen molar-refractivity contribution in [1.82, 2.24) is 19.7 Å². The van der Waals surface area contributed by atoms with Crippen molar-refractivity contribution in [2.24, 2.45) is 0 Å². The van der Waals surface area contributed by atoms with Crippen molar-refractivity contribution < 1.29 is 4.79 Å². The summed E-state index contributed by atoms with van der Waals surface area (Å²) in [6, 6.07) is 9.55. The number of carbonyl (C=O) groups is 1. The quantitative estimate of drug-likeness (QED) is 0.735. The molecule has 3 aromatic rings. The Morgan fingerprint density at radius 1 is 1.22 bits per heavy atom. The van der Waals surface area contributed by atoms with E-state index in [0.29, 0.717) is 12.2 Å². The average molecular weight is 305 g/mol. The third-order valence-corrected chi connectivity index (χ3v) is 3.09. The van der Waals surface area contributed by atoms with Crippen molar-refractivity contribution >= 4 is 17.7 Å². The maximum atomic E-state index is 12.0. The summed E-state index contributed by atoms with van der Waals surface area (Å²) in [7, 11) is 0. The van der Waals surface area contributed by atoms with Crippen LogP contribution < -0.4 is 5.32 Å². The summed E-state index contributed by atoms with van der Waals surface area (Å²) in [5.41, 5.74) is 2.43. The van der Waals surface area contributed by atoms with E-state index in [1.54, 1.807) is 30.9 Å². The van der Waals surface area contributed by atoms with E-state index in [1.807, 2.05) is 41.2 Å². The van der Waals surface area contributed by atoms with Crippen LogP contribution in [0.3, 0.4) is 0 Å². The van der Waals surface area contributed by atoms with Crippen LogP contribution in [-0.4, -0.2) is 25.7 Å². The largest absolute Gasteiger partial charge is 0.323 e. The van der Waals surface area contributed by atoms with E-state index in [2.05, 4.69) is 20.4 Å². The minimum atomic E-state index is -0.216. The van der Waals surface area contributed by atoms with Gasteiger partial charge >= 0.3 is 0 Å². The molecule has 3 rings (SSSR count). The van der Waals surface area contributed by atoms with Gasteiger partial charge in [0.05, 0.1) is 18.4 Å². The third kappa shape index (κ3) is 4.34. The molecule has 0 aliphatic heterocycles. The number of aromatic nitrogens is 4. The van der Waals surface area contributed by atoms with Gasteiger partial charge in [-0.1, -0.05) is 12.1 Å². The Hall–Kier alpha value is -3.28. The predicted molar refractivity (Wildman–Crippen MR) is 87.5 cm³/mol. The molecule has 2 aromatic heterocycles. The number of carbonyl (C=O) groups excluding carboxylic acids is 1. The molecular weight excluding hydrogens is 290 g/mol. The molecule has 23 heavy (non-hydrogen) atoms. The summed E-state index contributed by atoms with van der Waals surface area (Å²) in [6.07, 6.45) is 11.4. The number of benzene rings is 1. The molecule has 0 unspecified atom stereocenters. The van der Waals surface area contributed by atoms with Crippen molar-refractivity contribution in [1.29, 1.82) is 0 Å². The Bertz CT molecular complexity index is 797. The van der Waals surface area contributed by atoms with Crippen molar-refractivity contribution in [3.63, 3.8) is 0 Å². The molecule has 0 fully saturated rings. The van der Waals surface area contributed by atoms with E-state index in [0.717, 1.165) is 11.3 Å². The molecule has 1 amide bonds. The van der Waals surface area contributed by atoms with Gasteiger partial charge in [-0.2, -0.15) is 5.10 Å². The van der Waals surface area contributed by atoms with E-state index >= 15 is 0 Å². The molecule has 0 bridgehead atoms. The highest BCUT2D eigenvalue weighted by Gasteiger charge is 2.01. The molecule has 6 nitrogen and oxygen atoms in total. The van der Waals surface area contributed by atoms with Crippen LogP contribution in [0.25, 0.3) is 6.08 Å². The second-order valence-electron chi connectivity index (χ2n) is 4.86. The summed E-state index contributed by atoms with van der Waals surface area (Å²) >= 11 is 0. The minimum Gasteiger partial charge on any atom is -0.323 e. The van der Waals surface area contributed by atoms with E-state index < -0.39 is 0 Å². The fourth-order valence-corrected chi connectivity index (χ4v) is 2.07. The summed E-state index contributed by atoms with van der Waals surface area (Å²) < 4.78 is 1.83. The second kappa shape index (κ2) is 7.13. The number of amides is 1. The van der Waals surface area contributed by atoms with Gasteiger partial charge in [0.1, 0.15) is 0 Å². The highest BCUT2D eigenvalue weighted by Crippen LogP contribution is 2.12. The Labute approximate surface area is 133 Å². The Morgan fingerprint density at radius 2 is 2.17 bits per heavy atom. The summed E-state index contributed by atoms with van der Waals surface area (Å²) in [5.74, 6) is -0.216. The molecule has 0 spiro atoms. The lowest BCUT2D eigenvalue weighted by molar-refractivity contribution is -0.111. The molecule has 6 heteroatoms. The molecule has 1 N–H and O–H groups in total. The topological polar surface area (TPSA) is 72.7 Å². The average Bonchev–Trinajstić information content (AvgIpc) is 3.07. The lowest BCUT2D eigenvalue weighted by Crippen LogP contribution is -2.08. The van der Waals surface area contributed by atoms with Crippen molar-refractivity contribution in [2.75, 3.05) is 5.32 Å². The first-order chi connectivity index (χ1) is 11.3. The maximum Gasteiger partial charge on any atom is 0.248 e. The van der Waals surface area contributed by atoms with Crippen LogP contribution in [0.5, 0.6) is 0 Å². The Morgan fingerprint density at radius 3 is 2.96 bits per heavy atom. The molecule has 0 saturated carbocycles. The number of hydrogen-bond acceptors (Lipinski definition) is 4. The van der Waals surface area contributed by atoms with Crippen molar-refractivity contribution in [3.8, 4) is 0 Å². The zero-order valence-corrected chi connectivity index (χ0v) is 12.3. The first kappa shape index (κ1) is 14.6. The minimum absolute atomic E-state index is 0.216. The van der Waals surface area contributed by atoms with Gasteiger partial charge in [0.25, 0.3) is 0 Å². The fraction of sp³-hybridized carbons (Fsp3) is 0.0588. The van der Waals surface area contributed by atoms with Crippen LogP contribution in [0.15, 0.2) is 67.4 Å². The van der Waals surface area contributed by atoms with Gasteiger partial charge < -0.3 is 5.32 Å². The molecular formula is C17H15N5O. The van der Waals surface area contributed by atoms with Crippen LogP contribution in [0.4, 0.5) is 5.69 Å². The summed E-state index contributed by atoms with van der Waals surface area (Å²) in [5, 5.41) is 7.00. The monoisotopic (exact) mass is 305 g/mol. The van der Waals surface area contributed by atoms with E-state index in [4.69, 9.17) is 0 Å². The Kier molecular flexibility index (Phi) is 4.54. The normalized spacial score (nSPS) is 10.8. The first-order valence-corrected chi connectivity index (χ1v) is 7.11. The molecule has 0 saturated heterocycles. The molecule has 1 aromatic carbocycles. The summed E-state index contributed by atoms with van der Waals surface area (Å²) in [6.45, 7) is 0.659. The number of anilines is 1. The molecule has 0 aliphatic carbocycles. The standard InChI is InChI=1S/C17H15N5O/c23-17(6-5-16-12-18-8-9-19-16)21-15-4-1-3-14(11-15)13-22-10-2-7-20-22/h1-12H,13H2,(H,21,23)/b6-5-. The lowest BCUT2D eigenvalue weighted by atomic mass is 10.2. The number of nitrogens with zero attached hydrogens (tertiary/aromatic N) is 4. The molecule has 2 heterocycles. The highest BCUT2D eigenvalue weighted by molar-refractivity contribution is 6.01. The van der Waals surface area contributed by atoms with Gasteiger partial charge in [-0.3, -0.25) is 19.4 Å². The predicted octanol–water partition coefficient (Wildman–Crippen LogP) is 2.37. The van der Waals surface area contributed by atoms with Crippen LogP contribution in [0, 0.1) is 0 Å². The van der Waals surface area contributed by atoms with Gasteiger partial charge in [-0.15, -0.1) is 0 Å². The Balaban J connectivity index is 1.63. The van der Waals surface area contributed by atoms with E-state index in [-0.39, 0.29) is 5.91 Å². The van der Waals surface area contributed by atoms with Crippen LogP contribution in [0.2, 0.25) is 0 Å². The van der Waals surface area contributed by atoms with Gasteiger partial charge in [0.2, 0.25) is 5.91 Å². The zero-order valence-electron chi connectivity index (χ0n) is 12.3.